The largest absolute Gasteiger partial charge is 0.297 e. The number of rotatable bonds is 0. The molecule has 0 spiro atoms. The maximum absolute atomic E-state index is 13.0. The van der Waals surface area contributed by atoms with Gasteiger partial charge in [-0.05, 0) is 29.7 Å². The van der Waals surface area contributed by atoms with Gasteiger partial charge in [0.05, 0.1) is 0 Å². The van der Waals surface area contributed by atoms with Crippen molar-refractivity contribution in [3.05, 3.63) is 35.1 Å². The SMILES string of the molecule is CC1C=NCCc2ccc(F)cc21. The van der Waals surface area contributed by atoms with Crippen molar-refractivity contribution in [2.75, 3.05) is 6.54 Å². The Bertz CT molecular complexity index is 344. The zero-order valence-corrected chi connectivity index (χ0v) is 7.63. The van der Waals surface area contributed by atoms with Crippen molar-refractivity contribution in [1.29, 1.82) is 0 Å². The molecule has 0 saturated carbocycles. The van der Waals surface area contributed by atoms with Crippen LogP contribution < -0.4 is 0 Å². The standard InChI is InChI=1S/C11H12FN/c1-8-7-13-5-4-9-2-3-10(12)6-11(8)9/h2-3,6-8H,4-5H2,1H3. The van der Waals surface area contributed by atoms with Gasteiger partial charge in [0.15, 0.2) is 0 Å². The highest BCUT2D eigenvalue weighted by molar-refractivity contribution is 5.69. The van der Waals surface area contributed by atoms with Crippen molar-refractivity contribution in [1.82, 2.24) is 0 Å². The maximum Gasteiger partial charge on any atom is 0.123 e. The van der Waals surface area contributed by atoms with E-state index in [1.54, 1.807) is 6.07 Å². The van der Waals surface area contributed by atoms with Gasteiger partial charge in [-0.3, -0.25) is 4.99 Å². The van der Waals surface area contributed by atoms with Gasteiger partial charge in [-0.2, -0.15) is 0 Å². The van der Waals surface area contributed by atoms with Crippen LogP contribution in [0.15, 0.2) is 23.2 Å². The predicted octanol–water partition coefficient (Wildman–Crippen LogP) is 2.56. The molecule has 0 bridgehead atoms. The molecule has 2 heteroatoms. The molecule has 1 aliphatic rings. The highest BCUT2D eigenvalue weighted by Gasteiger charge is 2.11. The molecule has 2 rings (SSSR count). The second-order valence-corrected chi connectivity index (χ2v) is 3.44. The molecular weight excluding hydrogens is 165 g/mol. The van der Waals surface area contributed by atoms with E-state index in [9.17, 15) is 4.39 Å². The van der Waals surface area contributed by atoms with Crippen LogP contribution in [0.1, 0.15) is 24.0 Å². The summed E-state index contributed by atoms with van der Waals surface area (Å²) in [4.78, 5) is 4.25. The highest BCUT2D eigenvalue weighted by atomic mass is 19.1. The van der Waals surface area contributed by atoms with E-state index in [0.29, 0.717) is 0 Å². The molecule has 13 heavy (non-hydrogen) atoms. The van der Waals surface area contributed by atoms with Gasteiger partial charge in [-0.25, -0.2) is 4.39 Å². The lowest BCUT2D eigenvalue weighted by molar-refractivity contribution is 0.624. The molecule has 1 unspecified atom stereocenters. The van der Waals surface area contributed by atoms with Gasteiger partial charge in [0, 0.05) is 18.7 Å². The molecule has 0 aromatic heterocycles. The zero-order chi connectivity index (χ0) is 9.26. The third-order valence-corrected chi connectivity index (χ3v) is 2.44. The fourth-order valence-corrected chi connectivity index (χ4v) is 1.72. The van der Waals surface area contributed by atoms with Gasteiger partial charge < -0.3 is 0 Å². The van der Waals surface area contributed by atoms with E-state index in [-0.39, 0.29) is 11.7 Å². The first-order valence-corrected chi connectivity index (χ1v) is 4.55. The average molecular weight is 177 g/mol. The van der Waals surface area contributed by atoms with E-state index in [0.717, 1.165) is 18.5 Å². The van der Waals surface area contributed by atoms with Crippen molar-refractivity contribution < 1.29 is 4.39 Å². The third kappa shape index (κ3) is 1.62. The van der Waals surface area contributed by atoms with Crippen LogP contribution in [0.4, 0.5) is 4.39 Å². The quantitative estimate of drug-likeness (QED) is 0.577. The molecule has 0 radical (unpaired) electrons. The Morgan fingerprint density at radius 1 is 1.46 bits per heavy atom. The monoisotopic (exact) mass is 177 g/mol. The van der Waals surface area contributed by atoms with Gasteiger partial charge in [0.1, 0.15) is 5.82 Å². The summed E-state index contributed by atoms with van der Waals surface area (Å²) < 4.78 is 13.0. The van der Waals surface area contributed by atoms with Gasteiger partial charge >= 0.3 is 0 Å². The molecule has 0 amide bonds. The third-order valence-electron chi connectivity index (χ3n) is 2.44. The molecule has 1 aliphatic heterocycles. The first-order chi connectivity index (χ1) is 6.27. The number of halogens is 1. The Morgan fingerprint density at radius 3 is 3.15 bits per heavy atom. The van der Waals surface area contributed by atoms with Gasteiger partial charge in [0.2, 0.25) is 0 Å². The van der Waals surface area contributed by atoms with Crippen LogP contribution in [0.5, 0.6) is 0 Å². The lowest BCUT2D eigenvalue weighted by atomic mass is 9.96. The molecule has 0 fully saturated rings. The Labute approximate surface area is 77.3 Å². The summed E-state index contributed by atoms with van der Waals surface area (Å²) in [6.07, 6.45) is 2.84. The number of fused-ring (bicyclic) bond motifs is 1. The summed E-state index contributed by atoms with van der Waals surface area (Å²) in [5, 5.41) is 0. The number of nitrogens with zero attached hydrogens (tertiary/aromatic N) is 1. The molecule has 0 saturated heterocycles. The lowest BCUT2D eigenvalue weighted by Crippen LogP contribution is -1.98. The number of hydrogen-bond acceptors (Lipinski definition) is 1. The van der Waals surface area contributed by atoms with Crippen LogP contribution in [0.3, 0.4) is 0 Å². The Kier molecular flexibility index (Phi) is 2.13. The van der Waals surface area contributed by atoms with Crippen LogP contribution in [-0.4, -0.2) is 12.8 Å². The van der Waals surface area contributed by atoms with E-state index >= 15 is 0 Å². The fraction of sp³-hybridized carbons (Fsp3) is 0.364. The van der Waals surface area contributed by atoms with E-state index in [1.165, 1.54) is 11.6 Å². The summed E-state index contributed by atoms with van der Waals surface area (Å²) in [5.74, 6) is 0.0918. The molecule has 1 nitrogen and oxygen atoms in total. The lowest BCUT2D eigenvalue weighted by Gasteiger charge is -2.09. The van der Waals surface area contributed by atoms with Crippen molar-refractivity contribution in [3.8, 4) is 0 Å². The topological polar surface area (TPSA) is 12.4 Å². The van der Waals surface area contributed by atoms with Crippen LogP contribution in [0.25, 0.3) is 0 Å². The minimum atomic E-state index is -0.152. The first kappa shape index (κ1) is 8.42. The van der Waals surface area contributed by atoms with Crippen molar-refractivity contribution in [2.45, 2.75) is 19.3 Å². The second-order valence-electron chi connectivity index (χ2n) is 3.44. The minimum Gasteiger partial charge on any atom is -0.297 e. The van der Waals surface area contributed by atoms with E-state index < -0.39 is 0 Å². The van der Waals surface area contributed by atoms with Crippen molar-refractivity contribution >= 4 is 6.21 Å². The molecule has 1 heterocycles. The molecule has 0 N–H and O–H groups in total. The summed E-state index contributed by atoms with van der Waals surface area (Å²) in [6, 6.07) is 5.02. The van der Waals surface area contributed by atoms with Crippen LogP contribution in [-0.2, 0) is 6.42 Å². The Hall–Kier alpha value is -1.18. The van der Waals surface area contributed by atoms with E-state index in [1.807, 2.05) is 19.2 Å². The average Bonchev–Trinajstić information content (AvgIpc) is 2.29. The number of hydrogen-bond donors (Lipinski definition) is 0. The predicted molar refractivity (Wildman–Crippen MR) is 51.9 cm³/mol. The summed E-state index contributed by atoms with van der Waals surface area (Å²) in [6.45, 7) is 2.87. The summed E-state index contributed by atoms with van der Waals surface area (Å²) in [5.41, 5.74) is 2.31. The minimum absolute atomic E-state index is 0.152. The molecule has 1 aromatic carbocycles. The van der Waals surface area contributed by atoms with Crippen LogP contribution >= 0.6 is 0 Å². The second kappa shape index (κ2) is 3.29. The zero-order valence-electron chi connectivity index (χ0n) is 7.63. The number of aliphatic imine (C=N–C) groups is 1. The smallest absolute Gasteiger partial charge is 0.123 e. The van der Waals surface area contributed by atoms with Crippen molar-refractivity contribution in [3.63, 3.8) is 0 Å². The normalized spacial score (nSPS) is 20.9. The Morgan fingerprint density at radius 2 is 2.31 bits per heavy atom. The van der Waals surface area contributed by atoms with Gasteiger partial charge in [0.25, 0.3) is 0 Å². The van der Waals surface area contributed by atoms with E-state index in [2.05, 4.69) is 4.99 Å². The molecule has 68 valence electrons. The molecule has 1 aromatic rings. The van der Waals surface area contributed by atoms with E-state index in [4.69, 9.17) is 0 Å². The maximum atomic E-state index is 13.0. The van der Waals surface area contributed by atoms with Crippen molar-refractivity contribution in [2.24, 2.45) is 4.99 Å². The molecule has 0 aliphatic carbocycles. The summed E-state index contributed by atoms with van der Waals surface area (Å²) >= 11 is 0. The van der Waals surface area contributed by atoms with Gasteiger partial charge in [-0.1, -0.05) is 13.0 Å². The molecule has 1 atom stereocenters. The highest BCUT2D eigenvalue weighted by Crippen LogP contribution is 2.22. The van der Waals surface area contributed by atoms with Crippen LogP contribution in [0, 0.1) is 5.82 Å². The number of benzene rings is 1. The van der Waals surface area contributed by atoms with Crippen LogP contribution in [0.2, 0.25) is 0 Å². The Balaban J connectivity index is 2.49. The molecular formula is C11H12FN. The van der Waals surface area contributed by atoms with Gasteiger partial charge in [-0.15, -0.1) is 0 Å². The first-order valence-electron chi connectivity index (χ1n) is 4.55. The summed E-state index contributed by atoms with van der Waals surface area (Å²) in [7, 11) is 0. The fourth-order valence-electron chi connectivity index (χ4n) is 1.72.